The Morgan fingerprint density at radius 3 is 2.58 bits per heavy atom. The molecule has 2 rings (SSSR count). The van der Waals surface area contributed by atoms with Gasteiger partial charge >= 0.3 is 0 Å². The van der Waals surface area contributed by atoms with Crippen LogP contribution in [-0.2, 0) is 6.54 Å². The van der Waals surface area contributed by atoms with Crippen LogP contribution in [0.4, 0.5) is 0 Å². The van der Waals surface area contributed by atoms with E-state index in [1.54, 1.807) is 6.07 Å². The van der Waals surface area contributed by atoms with Crippen LogP contribution in [0.2, 0.25) is 0 Å². The monoisotopic (exact) mass is 262 g/mol. The van der Waals surface area contributed by atoms with Crippen molar-refractivity contribution in [2.24, 2.45) is 5.41 Å². The largest absolute Gasteiger partial charge is 0.506 e. The lowest BCUT2D eigenvalue weighted by Crippen LogP contribution is -2.37. The van der Waals surface area contributed by atoms with Crippen molar-refractivity contribution >= 4 is 0 Å². The normalized spacial score (nSPS) is 19.8. The molecule has 1 fully saturated rings. The van der Waals surface area contributed by atoms with Crippen LogP contribution >= 0.6 is 0 Å². The van der Waals surface area contributed by atoms with E-state index in [-0.39, 0.29) is 0 Å². The molecule has 1 aromatic heterocycles. The average molecular weight is 262 g/mol. The maximum absolute atomic E-state index is 9.88. The summed E-state index contributed by atoms with van der Waals surface area (Å²) in [6.07, 6.45) is 5.07. The van der Waals surface area contributed by atoms with Crippen molar-refractivity contribution in [2.45, 2.75) is 59.0 Å². The molecule has 0 unspecified atom stereocenters. The predicted octanol–water partition coefficient (Wildman–Crippen LogP) is 3.50. The fourth-order valence-electron chi connectivity index (χ4n) is 2.91. The Balaban J connectivity index is 1.98. The van der Waals surface area contributed by atoms with E-state index in [2.05, 4.69) is 30.8 Å². The Labute approximate surface area is 116 Å². The number of aromatic nitrogens is 1. The van der Waals surface area contributed by atoms with E-state index in [4.69, 9.17) is 0 Å². The van der Waals surface area contributed by atoms with Crippen molar-refractivity contribution in [3.63, 3.8) is 0 Å². The van der Waals surface area contributed by atoms with Gasteiger partial charge in [-0.15, -0.1) is 0 Å². The Kier molecular flexibility index (Phi) is 4.14. The van der Waals surface area contributed by atoms with Crippen LogP contribution in [0, 0.1) is 12.3 Å². The van der Waals surface area contributed by atoms with Crippen LogP contribution in [0.25, 0.3) is 0 Å². The summed E-state index contributed by atoms with van der Waals surface area (Å²) in [5.74, 6) is 0.314. The molecule has 1 heterocycles. The zero-order chi connectivity index (χ0) is 14.0. The minimum absolute atomic E-state index is 0.314. The summed E-state index contributed by atoms with van der Waals surface area (Å²) in [7, 11) is 2.15. The number of rotatable bonds is 3. The molecule has 0 radical (unpaired) electrons. The number of hydrogen-bond donors (Lipinski definition) is 1. The Bertz CT molecular complexity index is 432. The highest BCUT2D eigenvalue weighted by molar-refractivity contribution is 5.27. The molecule has 0 bridgehead atoms. The van der Waals surface area contributed by atoms with Gasteiger partial charge in [0.15, 0.2) is 0 Å². The van der Waals surface area contributed by atoms with Gasteiger partial charge in [-0.1, -0.05) is 13.8 Å². The minimum atomic E-state index is 0.314. The second kappa shape index (κ2) is 5.49. The van der Waals surface area contributed by atoms with Crippen molar-refractivity contribution in [3.8, 4) is 5.75 Å². The third kappa shape index (κ3) is 3.69. The van der Waals surface area contributed by atoms with Gasteiger partial charge in [0.1, 0.15) is 5.75 Å². The second-order valence-corrected chi connectivity index (χ2v) is 6.73. The Morgan fingerprint density at radius 1 is 1.32 bits per heavy atom. The fraction of sp³-hybridized carbons (Fsp3) is 0.688. The van der Waals surface area contributed by atoms with Gasteiger partial charge in [-0.05, 0) is 57.2 Å². The lowest BCUT2D eigenvalue weighted by Gasteiger charge is -2.38. The van der Waals surface area contributed by atoms with Crippen molar-refractivity contribution in [1.29, 1.82) is 0 Å². The molecule has 0 spiro atoms. The van der Waals surface area contributed by atoms with Gasteiger partial charge in [0.25, 0.3) is 0 Å². The van der Waals surface area contributed by atoms with Crippen LogP contribution in [0.3, 0.4) is 0 Å². The molecule has 0 aliphatic heterocycles. The van der Waals surface area contributed by atoms with E-state index in [0.717, 1.165) is 17.9 Å². The molecule has 1 saturated carbocycles. The van der Waals surface area contributed by atoms with Gasteiger partial charge in [-0.25, -0.2) is 0 Å². The Morgan fingerprint density at radius 2 is 1.95 bits per heavy atom. The number of nitrogens with zero attached hydrogens (tertiary/aromatic N) is 2. The van der Waals surface area contributed by atoms with Crippen molar-refractivity contribution in [2.75, 3.05) is 7.05 Å². The average Bonchev–Trinajstić information content (AvgIpc) is 2.33. The number of hydrogen-bond acceptors (Lipinski definition) is 3. The smallest absolute Gasteiger partial charge is 0.138 e. The van der Waals surface area contributed by atoms with E-state index in [1.807, 2.05) is 13.0 Å². The first-order valence-corrected chi connectivity index (χ1v) is 7.23. The molecule has 3 heteroatoms. The highest BCUT2D eigenvalue weighted by atomic mass is 16.3. The molecule has 1 N–H and O–H groups in total. The zero-order valence-electron chi connectivity index (χ0n) is 12.6. The molecule has 1 aliphatic carbocycles. The van der Waals surface area contributed by atoms with E-state index in [9.17, 15) is 5.11 Å². The molecule has 106 valence electrons. The van der Waals surface area contributed by atoms with Gasteiger partial charge < -0.3 is 5.11 Å². The van der Waals surface area contributed by atoms with Gasteiger partial charge in [0, 0.05) is 18.3 Å². The van der Waals surface area contributed by atoms with Gasteiger partial charge in [-0.2, -0.15) is 0 Å². The molecule has 0 amide bonds. The highest BCUT2D eigenvalue weighted by Crippen LogP contribution is 2.37. The van der Waals surface area contributed by atoms with Gasteiger partial charge in [-0.3, -0.25) is 9.88 Å². The molecule has 1 aliphatic rings. The number of aryl methyl sites for hydroxylation is 1. The number of pyridine rings is 1. The third-order valence-electron chi connectivity index (χ3n) is 4.42. The minimum Gasteiger partial charge on any atom is -0.506 e. The fourth-order valence-corrected chi connectivity index (χ4v) is 2.91. The lowest BCUT2D eigenvalue weighted by atomic mass is 9.75. The van der Waals surface area contributed by atoms with Crippen LogP contribution in [0.5, 0.6) is 5.75 Å². The summed E-state index contributed by atoms with van der Waals surface area (Å²) in [5, 5.41) is 9.88. The third-order valence-corrected chi connectivity index (χ3v) is 4.42. The molecular formula is C16H26N2O. The van der Waals surface area contributed by atoms with Crippen molar-refractivity contribution in [1.82, 2.24) is 9.88 Å². The maximum Gasteiger partial charge on any atom is 0.138 e. The van der Waals surface area contributed by atoms with E-state index >= 15 is 0 Å². The first-order chi connectivity index (χ1) is 8.87. The molecule has 1 aromatic rings. The summed E-state index contributed by atoms with van der Waals surface area (Å²) in [5.41, 5.74) is 2.26. The van der Waals surface area contributed by atoms with Crippen LogP contribution in [-0.4, -0.2) is 28.1 Å². The van der Waals surface area contributed by atoms with E-state index in [0.29, 0.717) is 17.2 Å². The highest BCUT2D eigenvalue weighted by Gasteiger charge is 2.29. The van der Waals surface area contributed by atoms with Crippen LogP contribution in [0.15, 0.2) is 12.1 Å². The summed E-state index contributed by atoms with van der Waals surface area (Å²) in [4.78, 5) is 6.79. The van der Waals surface area contributed by atoms with Crippen molar-refractivity contribution in [3.05, 3.63) is 23.5 Å². The van der Waals surface area contributed by atoms with Crippen LogP contribution in [0.1, 0.15) is 50.9 Å². The first kappa shape index (κ1) is 14.3. The molecular weight excluding hydrogens is 236 g/mol. The zero-order valence-corrected chi connectivity index (χ0v) is 12.6. The van der Waals surface area contributed by atoms with E-state index in [1.165, 1.54) is 25.7 Å². The molecule has 19 heavy (non-hydrogen) atoms. The van der Waals surface area contributed by atoms with Gasteiger partial charge in [0.2, 0.25) is 0 Å². The quantitative estimate of drug-likeness (QED) is 0.905. The standard InChI is InChI=1S/C16H26N2O/c1-12-5-6-15(19)14(17-12)11-18(4)13-7-9-16(2,3)10-8-13/h5-6,13,19H,7-11H2,1-4H3. The lowest BCUT2D eigenvalue weighted by molar-refractivity contribution is 0.121. The predicted molar refractivity (Wildman–Crippen MR) is 78.1 cm³/mol. The summed E-state index contributed by atoms with van der Waals surface area (Å²) < 4.78 is 0. The van der Waals surface area contributed by atoms with Gasteiger partial charge in [0.05, 0.1) is 5.69 Å². The molecule has 0 saturated heterocycles. The first-order valence-electron chi connectivity index (χ1n) is 7.23. The SMILES string of the molecule is Cc1ccc(O)c(CN(C)C2CCC(C)(C)CC2)n1. The summed E-state index contributed by atoms with van der Waals surface area (Å²) >= 11 is 0. The van der Waals surface area contributed by atoms with Crippen LogP contribution < -0.4 is 0 Å². The summed E-state index contributed by atoms with van der Waals surface area (Å²) in [6.45, 7) is 7.42. The number of aromatic hydroxyl groups is 1. The van der Waals surface area contributed by atoms with Crippen molar-refractivity contribution < 1.29 is 5.11 Å². The topological polar surface area (TPSA) is 36.4 Å². The van der Waals surface area contributed by atoms with E-state index < -0.39 is 0 Å². The molecule has 0 atom stereocenters. The Hall–Kier alpha value is -1.09. The molecule has 0 aromatic carbocycles. The summed E-state index contributed by atoms with van der Waals surface area (Å²) in [6, 6.07) is 4.21. The second-order valence-electron chi connectivity index (χ2n) is 6.73. The molecule has 3 nitrogen and oxygen atoms in total. The maximum atomic E-state index is 9.88.